The van der Waals surface area contributed by atoms with Crippen molar-refractivity contribution in [3.05, 3.63) is 43.3 Å². The summed E-state index contributed by atoms with van der Waals surface area (Å²) in [4.78, 5) is 25.4. The second-order valence-corrected chi connectivity index (χ2v) is 5.51. The second-order valence-electron chi connectivity index (χ2n) is 4.35. The summed E-state index contributed by atoms with van der Waals surface area (Å²) in [5.74, 6) is 0. The highest BCUT2D eigenvalue weighted by Crippen LogP contribution is 2.29. The molecule has 2 N–H and O–H groups in total. The van der Waals surface area contributed by atoms with Gasteiger partial charge >= 0.3 is 5.69 Å². The monoisotopic (exact) mass is 394 g/mol. The maximum atomic E-state index is 11.8. The molecule has 110 valence electrons. The normalized spacial score (nSPS) is 25.8. The Kier molecular flexibility index (Phi) is 5.13. The summed E-state index contributed by atoms with van der Waals surface area (Å²) in [5, 5.41) is 9.29. The molecule has 1 aromatic rings. The number of halogens is 1. The zero-order chi connectivity index (χ0) is 14.7. The third kappa shape index (κ3) is 3.19. The minimum absolute atomic E-state index is 0.201. The Morgan fingerprint density at radius 1 is 1.65 bits per heavy atom. The molecule has 1 aliphatic rings. The first-order valence-corrected chi connectivity index (χ1v) is 7.14. The molecule has 8 heteroatoms. The van der Waals surface area contributed by atoms with Crippen LogP contribution in [0, 0.1) is 3.57 Å². The fourth-order valence-corrected chi connectivity index (χ4v) is 2.51. The van der Waals surface area contributed by atoms with Crippen molar-refractivity contribution in [2.24, 2.45) is 0 Å². The number of aromatic amines is 1. The van der Waals surface area contributed by atoms with Gasteiger partial charge in [0.05, 0.1) is 22.9 Å². The maximum Gasteiger partial charge on any atom is 0.330 e. The van der Waals surface area contributed by atoms with Gasteiger partial charge in [-0.15, -0.1) is 6.58 Å². The minimum atomic E-state index is -0.570. The topological polar surface area (TPSA) is 93.6 Å². The van der Waals surface area contributed by atoms with Crippen LogP contribution in [0.15, 0.2) is 28.4 Å². The van der Waals surface area contributed by atoms with Crippen molar-refractivity contribution in [3.63, 3.8) is 0 Å². The summed E-state index contributed by atoms with van der Waals surface area (Å²) in [6.07, 6.45) is 2.07. The lowest BCUT2D eigenvalue weighted by molar-refractivity contribution is -0.0582. The Morgan fingerprint density at radius 3 is 3.05 bits per heavy atom. The van der Waals surface area contributed by atoms with E-state index < -0.39 is 23.6 Å². The third-order valence-corrected chi connectivity index (χ3v) is 3.79. The molecule has 1 aliphatic heterocycles. The van der Waals surface area contributed by atoms with Crippen LogP contribution in [0.5, 0.6) is 0 Å². The van der Waals surface area contributed by atoms with Gasteiger partial charge in [0.2, 0.25) is 0 Å². The van der Waals surface area contributed by atoms with Gasteiger partial charge in [0.15, 0.2) is 0 Å². The number of H-pyrrole nitrogens is 1. The van der Waals surface area contributed by atoms with Gasteiger partial charge in [-0.3, -0.25) is 14.3 Å². The van der Waals surface area contributed by atoms with Crippen molar-refractivity contribution in [2.45, 2.75) is 24.9 Å². The Bertz CT molecular complexity index is 596. The standard InChI is InChI=1S/C12H15IN2O5/c1-2-3-19-8-4-10(20-9(8)6-16)15-5-7(13)11(17)14-12(15)18/h2,5,8-10,16H,1,3-4,6H2,(H,14,17,18)/t8?,9-,10-/m0/s1. The lowest BCUT2D eigenvalue weighted by atomic mass is 10.2. The number of ether oxygens (including phenoxy) is 2. The Hall–Kier alpha value is -0.970. The van der Waals surface area contributed by atoms with Crippen LogP contribution in [0.3, 0.4) is 0 Å². The first-order valence-electron chi connectivity index (χ1n) is 6.06. The zero-order valence-electron chi connectivity index (χ0n) is 10.6. The van der Waals surface area contributed by atoms with E-state index >= 15 is 0 Å². The molecule has 0 aromatic carbocycles. The average Bonchev–Trinajstić information content (AvgIpc) is 2.83. The highest BCUT2D eigenvalue weighted by molar-refractivity contribution is 14.1. The zero-order valence-corrected chi connectivity index (χ0v) is 12.8. The quantitative estimate of drug-likeness (QED) is 0.542. The minimum Gasteiger partial charge on any atom is -0.394 e. The maximum absolute atomic E-state index is 11.8. The van der Waals surface area contributed by atoms with Gasteiger partial charge in [-0.25, -0.2) is 4.79 Å². The number of aromatic nitrogens is 2. The van der Waals surface area contributed by atoms with E-state index in [1.165, 1.54) is 10.8 Å². The van der Waals surface area contributed by atoms with E-state index in [4.69, 9.17) is 9.47 Å². The third-order valence-electron chi connectivity index (χ3n) is 3.02. The summed E-state index contributed by atoms with van der Waals surface area (Å²) >= 11 is 1.84. The summed E-state index contributed by atoms with van der Waals surface area (Å²) < 4.78 is 12.8. The van der Waals surface area contributed by atoms with Gasteiger partial charge in [0.25, 0.3) is 5.56 Å². The molecule has 0 amide bonds. The number of nitrogens with one attached hydrogen (secondary N) is 1. The highest BCUT2D eigenvalue weighted by atomic mass is 127. The van der Waals surface area contributed by atoms with Crippen molar-refractivity contribution >= 4 is 22.6 Å². The van der Waals surface area contributed by atoms with Crippen molar-refractivity contribution in [1.82, 2.24) is 9.55 Å². The summed E-state index contributed by atoms with van der Waals surface area (Å²) in [6, 6.07) is 0. The lowest BCUT2D eigenvalue weighted by Crippen LogP contribution is -2.33. The van der Waals surface area contributed by atoms with Crippen molar-refractivity contribution < 1.29 is 14.6 Å². The predicted molar refractivity (Wildman–Crippen MR) is 79.6 cm³/mol. The Labute approximate surface area is 128 Å². The van der Waals surface area contributed by atoms with Crippen LogP contribution in [0.25, 0.3) is 0 Å². The van der Waals surface area contributed by atoms with Gasteiger partial charge in [-0.2, -0.15) is 0 Å². The SMILES string of the molecule is C=CCOC1C[C@@H](n2cc(I)c(=O)[nH]c2=O)O[C@H]1CO. The molecule has 0 radical (unpaired) electrons. The molecule has 0 saturated carbocycles. The van der Waals surface area contributed by atoms with Crippen LogP contribution in [-0.4, -0.2) is 40.1 Å². The Morgan fingerprint density at radius 2 is 2.40 bits per heavy atom. The molecule has 3 atom stereocenters. The van der Waals surface area contributed by atoms with Crippen LogP contribution < -0.4 is 11.2 Å². The second kappa shape index (κ2) is 6.66. The van der Waals surface area contributed by atoms with Crippen LogP contribution in [0.2, 0.25) is 0 Å². The van der Waals surface area contributed by atoms with Gasteiger partial charge in [-0.05, 0) is 22.6 Å². The van der Waals surface area contributed by atoms with Crippen LogP contribution in [0.4, 0.5) is 0 Å². The molecule has 0 aliphatic carbocycles. The molecule has 1 fully saturated rings. The molecule has 0 spiro atoms. The molecule has 7 nitrogen and oxygen atoms in total. The van der Waals surface area contributed by atoms with E-state index in [2.05, 4.69) is 11.6 Å². The van der Waals surface area contributed by atoms with Gasteiger partial charge in [-0.1, -0.05) is 6.08 Å². The van der Waals surface area contributed by atoms with Crippen molar-refractivity contribution in [3.8, 4) is 0 Å². The largest absolute Gasteiger partial charge is 0.394 e. The number of rotatable bonds is 5. The molecule has 1 aromatic heterocycles. The number of hydrogen-bond donors (Lipinski definition) is 2. The summed E-state index contributed by atoms with van der Waals surface area (Å²) in [6.45, 7) is 3.70. The molecule has 2 heterocycles. The predicted octanol–water partition coefficient (Wildman–Crippen LogP) is -0.00780. The van der Waals surface area contributed by atoms with E-state index in [9.17, 15) is 14.7 Å². The van der Waals surface area contributed by atoms with Gasteiger partial charge < -0.3 is 14.6 Å². The van der Waals surface area contributed by atoms with Crippen molar-refractivity contribution in [2.75, 3.05) is 13.2 Å². The first kappa shape index (κ1) is 15.4. The number of aliphatic hydroxyl groups excluding tert-OH is 1. The number of nitrogens with zero attached hydrogens (tertiary/aromatic N) is 1. The Balaban J connectivity index is 2.22. The smallest absolute Gasteiger partial charge is 0.330 e. The van der Waals surface area contributed by atoms with E-state index in [0.717, 1.165) is 0 Å². The molecular weight excluding hydrogens is 379 g/mol. The van der Waals surface area contributed by atoms with Crippen molar-refractivity contribution in [1.29, 1.82) is 0 Å². The fourth-order valence-electron chi connectivity index (χ4n) is 2.08. The first-order chi connectivity index (χ1) is 9.56. The molecular formula is C12H15IN2O5. The lowest BCUT2D eigenvalue weighted by Gasteiger charge is -2.15. The van der Waals surface area contributed by atoms with Crippen LogP contribution >= 0.6 is 22.6 Å². The molecule has 20 heavy (non-hydrogen) atoms. The molecule has 0 bridgehead atoms. The molecule has 1 saturated heterocycles. The van der Waals surface area contributed by atoms with E-state index in [1.54, 1.807) is 6.08 Å². The molecule has 1 unspecified atom stereocenters. The summed E-state index contributed by atoms with van der Waals surface area (Å²) in [7, 11) is 0. The average molecular weight is 394 g/mol. The van der Waals surface area contributed by atoms with E-state index in [1.807, 2.05) is 22.6 Å². The number of hydrogen-bond acceptors (Lipinski definition) is 5. The summed E-state index contributed by atoms with van der Waals surface area (Å²) in [5.41, 5.74) is -0.968. The van der Waals surface area contributed by atoms with Crippen LogP contribution in [-0.2, 0) is 9.47 Å². The van der Waals surface area contributed by atoms with Gasteiger partial charge in [0.1, 0.15) is 12.3 Å². The molecule has 2 rings (SSSR count). The number of aliphatic hydroxyl groups is 1. The highest BCUT2D eigenvalue weighted by Gasteiger charge is 2.37. The fraction of sp³-hybridized carbons (Fsp3) is 0.500. The van der Waals surface area contributed by atoms with E-state index in [0.29, 0.717) is 16.6 Å². The van der Waals surface area contributed by atoms with Crippen LogP contribution in [0.1, 0.15) is 12.6 Å². The van der Waals surface area contributed by atoms with Gasteiger partial charge in [0, 0.05) is 12.6 Å². The van der Waals surface area contributed by atoms with E-state index in [-0.39, 0.29) is 12.7 Å².